The van der Waals surface area contributed by atoms with Gasteiger partial charge >= 0.3 is 0 Å². The standard InChI is InChI=1S/C23H25N3O4/c1-26-9-8-24-22(26)21(16-11-18(28-2)13-19(12-16)29-3)25-23(27)17-10-15-6-4-5-7-20(15)30-14-17/h4-9,11-13,17,21H,10,14H2,1-3H3,(H,25,27). The molecule has 30 heavy (non-hydrogen) atoms. The van der Waals surface area contributed by atoms with Gasteiger partial charge in [0.1, 0.15) is 35.7 Å². The molecule has 0 bridgehead atoms. The number of carbonyl (C=O) groups excluding carboxylic acids is 1. The summed E-state index contributed by atoms with van der Waals surface area (Å²) in [7, 11) is 5.10. The molecule has 1 aromatic heterocycles. The van der Waals surface area contributed by atoms with E-state index in [0.29, 0.717) is 24.5 Å². The van der Waals surface area contributed by atoms with E-state index in [9.17, 15) is 4.79 Å². The molecule has 1 N–H and O–H groups in total. The lowest BCUT2D eigenvalue weighted by Crippen LogP contribution is -2.40. The molecule has 2 unspecified atom stereocenters. The van der Waals surface area contributed by atoms with Gasteiger partial charge in [-0.15, -0.1) is 0 Å². The monoisotopic (exact) mass is 407 g/mol. The highest BCUT2D eigenvalue weighted by atomic mass is 16.5. The number of para-hydroxylation sites is 1. The van der Waals surface area contributed by atoms with E-state index in [1.54, 1.807) is 26.5 Å². The Kier molecular flexibility index (Phi) is 5.61. The van der Waals surface area contributed by atoms with Crippen molar-refractivity contribution in [1.29, 1.82) is 0 Å². The third-order valence-electron chi connectivity index (χ3n) is 5.36. The molecule has 2 atom stereocenters. The summed E-state index contributed by atoms with van der Waals surface area (Å²) in [4.78, 5) is 17.7. The Balaban J connectivity index is 1.63. The second-order valence-electron chi connectivity index (χ2n) is 7.30. The number of hydrogen-bond acceptors (Lipinski definition) is 5. The fourth-order valence-electron chi connectivity index (χ4n) is 3.70. The van der Waals surface area contributed by atoms with Gasteiger partial charge in [0.25, 0.3) is 0 Å². The minimum Gasteiger partial charge on any atom is -0.497 e. The van der Waals surface area contributed by atoms with Gasteiger partial charge in [-0.2, -0.15) is 0 Å². The first kappa shape index (κ1) is 19.8. The number of ether oxygens (including phenoxy) is 3. The number of methoxy groups -OCH3 is 2. The Bertz CT molecular complexity index is 1020. The molecule has 0 saturated carbocycles. The summed E-state index contributed by atoms with van der Waals surface area (Å²) in [6, 6.07) is 12.9. The second-order valence-corrected chi connectivity index (χ2v) is 7.30. The van der Waals surface area contributed by atoms with Crippen LogP contribution in [0.25, 0.3) is 0 Å². The van der Waals surface area contributed by atoms with Crippen LogP contribution in [-0.4, -0.2) is 36.3 Å². The topological polar surface area (TPSA) is 74.6 Å². The van der Waals surface area contributed by atoms with Crippen molar-refractivity contribution in [2.24, 2.45) is 13.0 Å². The maximum absolute atomic E-state index is 13.2. The normalized spacial score (nSPS) is 16.2. The van der Waals surface area contributed by atoms with E-state index < -0.39 is 6.04 Å². The molecule has 0 aliphatic carbocycles. The zero-order valence-corrected chi connectivity index (χ0v) is 17.3. The van der Waals surface area contributed by atoms with Crippen LogP contribution >= 0.6 is 0 Å². The van der Waals surface area contributed by atoms with Crippen molar-refractivity contribution in [3.63, 3.8) is 0 Å². The minimum absolute atomic E-state index is 0.0840. The number of fused-ring (bicyclic) bond motifs is 1. The first-order chi connectivity index (χ1) is 14.6. The van der Waals surface area contributed by atoms with Crippen LogP contribution in [0.3, 0.4) is 0 Å². The van der Waals surface area contributed by atoms with Crippen LogP contribution in [0.5, 0.6) is 17.2 Å². The van der Waals surface area contributed by atoms with Crippen molar-refractivity contribution in [2.45, 2.75) is 12.5 Å². The van der Waals surface area contributed by atoms with Gasteiger partial charge in [-0.3, -0.25) is 4.79 Å². The lowest BCUT2D eigenvalue weighted by molar-refractivity contribution is -0.126. The van der Waals surface area contributed by atoms with Crippen LogP contribution in [0.1, 0.15) is 23.0 Å². The Morgan fingerprint density at radius 2 is 1.93 bits per heavy atom. The van der Waals surface area contributed by atoms with Crippen LogP contribution in [0.2, 0.25) is 0 Å². The minimum atomic E-state index is -0.460. The summed E-state index contributed by atoms with van der Waals surface area (Å²) in [5.74, 6) is 2.49. The molecular formula is C23H25N3O4. The molecule has 156 valence electrons. The molecule has 7 heteroatoms. The third-order valence-corrected chi connectivity index (χ3v) is 5.36. The molecule has 1 aliphatic heterocycles. The van der Waals surface area contributed by atoms with Crippen molar-refractivity contribution in [3.8, 4) is 17.2 Å². The van der Waals surface area contributed by atoms with Gasteiger partial charge in [-0.1, -0.05) is 18.2 Å². The smallest absolute Gasteiger partial charge is 0.227 e. The molecule has 0 fully saturated rings. The van der Waals surface area contributed by atoms with Gasteiger partial charge in [0.2, 0.25) is 5.91 Å². The molecule has 2 heterocycles. The molecule has 7 nitrogen and oxygen atoms in total. The van der Waals surface area contributed by atoms with Crippen LogP contribution in [0.15, 0.2) is 54.9 Å². The van der Waals surface area contributed by atoms with E-state index in [4.69, 9.17) is 14.2 Å². The molecular weight excluding hydrogens is 382 g/mol. The zero-order chi connectivity index (χ0) is 21.1. The summed E-state index contributed by atoms with van der Waals surface area (Å²) >= 11 is 0. The maximum Gasteiger partial charge on any atom is 0.227 e. The van der Waals surface area contributed by atoms with Gasteiger partial charge < -0.3 is 24.1 Å². The predicted molar refractivity (Wildman–Crippen MR) is 112 cm³/mol. The molecule has 0 spiro atoms. The Labute approximate surface area is 175 Å². The van der Waals surface area contributed by atoms with Crippen LogP contribution < -0.4 is 19.5 Å². The number of nitrogens with one attached hydrogen (secondary N) is 1. The largest absolute Gasteiger partial charge is 0.497 e. The summed E-state index contributed by atoms with van der Waals surface area (Å²) in [6.07, 6.45) is 4.20. The molecule has 2 aromatic carbocycles. The quantitative estimate of drug-likeness (QED) is 0.680. The van der Waals surface area contributed by atoms with E-state index in [-0.39, 0.29) is 11.8 Å². The summed E-state index contributed by atoms with van der Waals surface area (Å²) < 4.78 is 18.5. The van der Waals surface area contributed by atoms with Crippen molar-refractivity contribution < 1.29 is 19.0 Å². The molecule has 4 rings (SSSR count). The lowest BCUT2D eigenvalue weighted by atomic mass is 9.95. The highest BCUT2D eigenvalue weighted by molar-refractivity contribution is 5.80. The fraction of sp³-hybridized carbons (Fsp3) is 0.304. The van der Waals surface area contributed by atoms with Crippen molar-refractivity contribution in [2.75, 3.05) is 20.8 Å². The van der Waals surface area contributed by atoms with E-state index in [2.05, 4.69) is 10.3 Å². The molecule has 0 saturated heterocycles. The van der Waals surface area contributed by atoms with Crippen molar-refractivity contribution >= 4 is 5.91 Å². The molecule has 3 aromatic rings. The van der Waals surface area contributed by atoms with Gasteiger partial charge in [0.15, 0.2) is 0 Å². The molecule has 1 amide bonds. The number of benzene rings is 2. The van der Waals surface area contributed by atoms with Gasteiger partial charge in [-0.25, -0.2) is 4.98 Å². The number of aromatic nitrogens is 2. The van der Waals surface area contributed by atoms with Gasteiger partial charge in [-0.05, 0) is 35.7 Å². The van der Waals surface area contributed by atoms with Crippen molar-refractivity contribution in [1.82, 2.24) is 14.9 Å². The number of hydrogen-bond donors (Lipinski definition) is 1. The summed E-state index contributed by atoms with van der Waals surface area (Å²) in [5, 5.41) is 3.17. The van der Waals surface area contributed by atoms with E-state index in [1.807, 2.05) is 54.2 Å². The predicted octanol–water partition coefficient (Wildman–Crippen LogP) is 2.89. The van der Waals surface area contributed by atoms with Crippen molar-refractivity contribution in [3.05, 3.63) is 71.8 Å². The molecule has 1 aliphatic rings. The highest BCUT2D eigenvalue weighted by Crippen LogP contribution is 2.31. The fourth-order valence-corrected chi connectivity index (χ4v) is 3.70. The second kappa shape index (κ2) is 8.49. The SMILES string of the molecule is COc1cc(OC)cc(C(NC(=O)C2COc3ccccc3C2)c2nccn2C)c1. The van der Waals surface area contributed by atoms with Crippen LogP contribution in [-0.2, 0) is 18.3 Å². The van der Waals surface area contributed by atoms with E-state index in [0.717, 1.165) is 22.7 Å². The summed E-state index contributed by atoms with van der Waals surface area (Å²) in [6.45, 7) is 0.345. The number of rotatable bonds is 6. The number of amides is 1. The highest BCUT2D eigenvalue weighted by Gasteiger charge is 2.30. The number of aryl methyl sites for hydroxylation is 1. The summed E-state index contributed by atoms with van der Waals surface area (Å²) in [5.41, 5.74) is 1.87. The van der Waals surface area contributed by atoms with Gasteiger partial charge in [0, 0.05) is 25.5 Å². The average molecular weight is 407 g/mol. The third kappa shape index (κ3) is 3.96. The average Bonchev–Trinajstić information content (AvgIpc) is 3.21. The Morgan fingerprint density at radius 3 is 2.60 bits per heavy atom. The van der Waals surface area contributed by atoms with Crippen LogP contribution in [0, 0.1) is 5.92 Å². The number of nitrogens with zero attached hydrogens (tertiary/aromatic N) is 2. The zero-order valence-electron chi connectivity index (χ0n) is 17.3. The number of imidazole rings is 1. The molecule has 0 radical (unpaired) electrons. The van der Waals surface area contributed by atoms with E-state index in [1.165, 1.54) is 0 Å². The Hall–Kier alpha value is -3.48. The Morgan fingerprint density at radius 1 is 1.20 bits per heavy atom. The first-order valence-corrected chi connectivity index (χ1v) is 9.80. The van der Waals surface area contributed by atoms with Gasteiger partial charge in [0.05, 0.1) is 20.1 Å². The van der Waals surface area contributed by atoms with E-state index >= 15 is 0 Å². The van der Waals surface area contributed by atoms with Crippen LogP contribution in [0.4, 0.5) is 0 Å². The lowest BCUT2D eigenvalue weighted by Gasteiger charge is -2.27. The maximum atomic E-state index is 13.2. The first-order valence-electron chi connectivity index (χ1n) is 9.80. The number of carbonyl (C=O) groups is 1.